The zero-order valence-corrected chi connectivity index (χ0v) is 11.9. The highest BCUT2D eigenvalue weighted by Gasteiger charge is 2.37. The maximum atomic E-state index is 12.0. The quantitative estimate of drug-likeness (QED) is 0.860. The van der Waals surface area contributed by atoms with Crippen molar-refractivity contribution in [2.75, 3.05) is 20.3 Å². The number of hydrogen-bond donors (Lipinski definition) is 1. The highest BCUT2D eigenvalue weighted by atomic mass is 32.1. The van der Waals surface area contributed by atoms with E-state index >= 15 is 0 Å². The van der Waals surface area contributed by atoms with Crippen molar-refractivity contribution in [2.45, 2.75) is 32.6 Å². The summed E-state index contributed by atoms with van der Waals surface area (Å²) in [7, 11) is 1.73. The minimum atomic E-state index is 0.0575. The van der Waals surface area contributed by atoms with Crippen LogP contribution in [0, 0.1) is 5.41 Å². The van der Waals surface area contributed by atoms with Crippen molar-refractivity contribution in [3.63, 3.8) is 0 Å². The van der Waals surface area contributed by atoms with Crippen LogP contribution in [-0.2, 0) is 11.2 Å². The molecule has 1 saturated carbocycles. The standard InChI is InChI=1S/C14H21NO2S/c1-3-11-5-6-12(18-11)13(16)15-9-14(10-17-2)7-4-8-14/h5-6H,3-4,7-10H2,1-2H3,(H,15,16). The first-order valence-corrected chi connectivity index (χ1v) is 7.36. The highest BCUT2D eigenvalue weighted by molar-refractivity contribution is 7.14. The molecule has 3 nitrogen and oxygen atoms in total. The Morgan fingerprint density at radius 2 is 2.28 bits per heavy atom. The minimum Gasteiger partial charge on any atom is -0.384 e. The van der Waals surface area contributed by atoms with Gasteiger partial charge in [-0.1, -0.05) is 13.3 Å². The summed E-state index contributed by atoms with van der Waals surface area (Å²) in [4.78, 5) is 14.1. The summed E-state index contributed by atoms with van der Waals surface area (Å²) in [5.41, 5.74) is 0.190. The molecule has 1 amide bonds. The van der Waals surface area contributed by atoms with Crippen LogP contribution < -0.4 is 5.32 Å². The first-order chi connectivity index (χ1) is 8.69. The maximum absolute atomic E-state index is 12.0. The second-order valence-corrected chi connectivity index (χ2v) is 6.26. The fraction of sp³-hybridized carbons (Fsp3) is 0.643. The average molecular weight is 267 g/mol. The number of carbonyl (C=O) groups excluding carboxylic acids is 1. The summed E-state index contributed by atoms with van der Waals surface area (Å²) in [5, 5.41) is 3.06. The van der Waals surface area contributed by atoms with Gasteiger partial charge in [0, 0.05) is 23.9 Å². The molecule has 0 unspecified atom stereocenters. The van der Waals surface area contributed by atoms with Gasteiger partial charge in [-0.3, -0.25) is 4.79 Å². The topological polar surface area (TPSA) is 38.3 Å². The van der Waals surface area contributed by atoms with E-state index in [2.05, 4.69) is 12.2 Å². The third-order valence-electron chi connectivity index (χ3n) is 3.72. The van der Waals surface area contributed by atoms with Gasteiger partial charge in [0.05, 0.1) is 11.5 Å². The molecule has 1 aromatic heterocycles. The zero-order valence-electron chi connectivity index (χ0n) is 11.1. The fourth-order valence-electron chi connectivity index (χ4n) is 2.40. The predicted octanol–water partition coefficient (Wildman–Crippen LogP) is 2.86. The van der Waals surface area contributed by atoms with Crippen LogP contribution in [0.5, 0.6) is 0 Å². The molecule has 1 aliphatic carbocycles. The summed E-state index contributed by atoms with van der Waals surface area (Å²) in [5.74, 6) is 0.0575. The van der Waals surface area contributed by atoms with Crippen LogP contribution in [0.15, 0.2) is 12.1 Å². The summed E-state index contributed by atoms with van der Waals surface area (Å²) >= 11 is 1.59. The number of thiophene rings is 1. The lowest BCUT2D eigenvalue weighted by atomic mass is 9.69. The van der Waals surface area contributed by atoms with Gasteiger partial charge in [0.15, 0.2) is 0 Å². The summed E-state index contributed by atoms with van der Waals surface area (Å²) in [6.07, 6.45) is 4.56. The molecule has 0 spiro atoms. The lowest BCUT2D eigenvalue weighted by molar-refractivity contribution is 0.0180. The number of methoxy groups -OCH3 is 1. The second-order valence-electron chi connectivity index (χ2n) is 5.09. The van der Waals surface area contributed by atoms with E-state index < -0.39 is 0 Å². The predicted molar refractivity (Wildman–Crippen MR) is 74.2 cm³/mol. The molecule has 0 aromatic carbocycles. The maximum Gasteiger partial charge on any atom is 0.261 e. The van der Waals surface area contributed by atoms with Crippen molar-refractivity contribution >= 4 is 17.2 Å². The Labute approximate surface area is 113 Å². The van der Waals surface area contributed by atoms with Crippen molar-refractivity contribution < 1.29 is 9.53 Å². The molecule has 4 heteroatoms. The van der Waals surface area contributed by atoms with Crippen molar-refractivity contribution in [3.8, 4) is 0 Å². The molecule has 0 saturated heterocycles. The van der Waals surface area contributed by atoms with Crippen molar-refractivity contribution in [3.05, 3.63) is 21.9 Å². The number of aryl methyl sites for hydroxylation is 1. The third kappa shape index (κ3) is 2.93. The summed E-state index contributed by atoms with van der Waals surface area (Å²) < 4.78 is 5.26. The number of carbonyl (C=O) groups is 1. The number of amides is 1. The molecule has 0 aliphatic heterocycles. The monoisotopic (exact) mass is 267 g/mol. The zero-order chi connectivity index (χ0) is 13.0. The lowest BCUT2D eigenvalue weighted by Gasteiger charge is -2.41. The van der Waals surface area contributed by atoms with E-state index in [0.29, 0.717) is 0 Å². The number of nitrogens with one attached hydrogen (secondary N) is 1. The van der Waals surface area contributed by atoms with Gasteiger partial charge in [-0.05, 0) is 31.4 Å². The molecule has 1 heterocycles. The van der Waals surface area contributed by atoms with Crippen LogP contribution in [0.4, 0.5) is 0 Å². The molecule has 1 aromatic rings. The average Bonchev–Trinajstić information content (AvgIpc) is 2.80. The van der Waals surface area contributed by atoms with Gasteiger partial charge in [-0.2, -0.15) is 0 Å². The molecular formula is C14H21NO2S. The molecular weight excluding hydrogens is 246 g/mol. The number of ether oxygens (including phenoxy) is 1. The summed E-state index contributed by atoms with van der Waals surface area (Å²) in [6, 6.07) is 3.95. The third-order valence-corrected chi connectivity index (χ3v) is 4.95. The minimum absolute atomic E-state index is 0.0575. The Balaban J connectivity index is 1.87. The van der Waals surface area contributed by atoms with Gasteiger partial charge in [-0.25, -0.2) is 0 Å². The van der Waals surface area contributed by atoms with Crippen LogP contribution in [0.2, 0.25) is 0 Å². The Bertz CT molecular complexity index is 410. The van der Waals surface area contributed by atoms with E-state index in [-0.39, 0.29) is 11.3 Å². The van der Waals surface area contributed by atoms with Gasteiger partial charge in [0.1, 0.15) is 0 Å². The van der Waals surface area contributed by atoms with Gasteiger partial charge >= 0.3 is 0 Å². The van der Waals surface area contributed by atoms with Gasteiger partial charge < -0.3 is 10.1 Å². The first kappa shape index (κ1) is 13.6. The van der Waals surface area contributed by atoms with Gasteiger partial charge in [0.2, 0.25) is 0 Å². The normalized spacial score (nSPS) is 17.2. The Kier molecular flexibility index (Phi) is 4.40. The Morgan fingerprint density at radius 1 is 1.50 bits per heavy atom. The smallest absolute Gasteiger partial charge is 0.261 e. The van der Waals surface area contributed by atoms with E-state index in [1.807, 2.05) is 12.1 Å². The van der Waals surface area contributed by atoms with E-state index in [1.165, 1.54) is 11.3 Å². The van der Waals surface area contributed by atoms with Crippen molar-refractivity contribution in [1.29, 1.82) is 0 Å². The molecule has 1 fully saturated rings. The molecule has 0 radical (unpaired) electrons. The number of hydrogen-bond acceptors (Lipinski definition) is 3. The van der Waals surface area contributed by atoms with Gasteiger partial charge in [-0.15, -0.1) is 11.3 Å². The molecule has 0 atom stereocenters. The number of rotatable bonds is 6. The Morgan fingerprint density at radius 3 is 2.78 bits per heavy atom. The largest absolute Gasteiger partial charge is 0.384 e. The van der Waals surface area contributed by atoms with Crippen LogP contribution in [0.3, 0.4) is 0 Å². The second kappa shape index (κ2) is 5.85. The van der Waals surface area contributed by atoms with Crippen LogP contribution >= 0.6 is 11.3 Å². The molecule has 1 aliphatic rings. The van der Waals surface area contributed by atoms with E-state index in [9.17, 15) is 4.79 Å². The van der Waals surface area contributed by atoms with E-state index in [1.54, 1.807) is 18.4 Å². The SMILES string of the molecule is CCc1ccc(C(=O)NCC2(COC)CCC2)s1. The first-order valence-electron chi connectivity index (χ1n) is 6.55. The summed E-state index contributed by atoms with van der Waals surface area (Å²) in [6.45, 7) is 3.59. The van der Waals surface area contributed by atoms with Crippen molar-refractivity contribution in [2.24, 2.45) is 5.41 Å². The van der Waals surface area contributed by atoms with Crippen LogP contribution in [-0.4, -0.2) is 26.2 Å². The van der Waals surface area contributed by atoms with E-state index in [4.69, 9.17) is 4.74 Å². The van der Waals surface area contributed by atoms with Crippen LogP contribution in [0.25, 0.3) is 0 Å². The molecule has 2 rings (SSSR count). The molecule has 1 N–H and O–H groups in total. The van der Waals surface area contributed by atoms with Crippen molar-refractivity contribution in [1.82, 2.24) is 5.32 Å². The molecule has 100 valence electrons. The Hall–Kier alpha value is -0.870. The van der Waals surface area contributed by atoms with Gasteiger partial charge in [0.25, 0.3) is 5.91 Å². The van der Waals surface area contributed by atoms with E-state index in [0.717, 1.165) is 37.3 Å². The fourth-order valence-corrected chi connectivity index (χ4v) is 3.26. The van der Waals surface area contributed by atoms with Crippen LogP contribution in [0.1, 0.15) is 40.7 Å². The molecule has 0 bridgehead atoms. The molecule has 18 heavy (non-hydrogen) atoms. The lowest BCUT2D eigenvalue weighted by Crippen LogP contribution is -2.44. The highest BCUT2D eigenvalue weighted by Crippen LogP contribution is 2.40.